The first-order valence-electron chi connectivity index (χ1n) is 10.7. The van der Waals surface area contributed by atoms with Crippen LogP contribution in [0.1, 0.15) is 56.2 Å². The third kappa shape index (κ3) is 7.37. The summed E-state index contributed by atoms with van der Waals surface area (Å²) in [6.45, 7) is 7.23. The number of nitrogens with zero attached hydrogens (tertiary/aromatic N) is 1. The van der Waals surface area contributed by atoms with E-state index in [9.17, 15) is 9.59 Å². The van der Waals surface area contributed by atoms with Gasteiger partial charge in [-0.3, -0.25) is 9.59 Å². The van der Waals surface area contributed by atoms with Crippen molar-refractivity contribution in [2.75, 3.05) is 6.54 Å². The lowest BCUT2D eigenvalue weighted by molar-refractivity contribution is -0.141. The lowest BCUT2D eigenvalue weighted by Crippen LogP contribution is -2.49. The monoisotopic (exact) mass is 394 g/mol. The molecule has 0 spiro atoms. The second kappa shape index (κ2) is 12.1. The second-order valence-corrected chi connectivity index (χ2v) is 7.56. The molecule has 0 saturated carbocycles. The van der Waals surface area contributed by atoms with Crippen molar-refractivity contribution in [1.82, 2.24) is 10.2 Å². The first-order valence-corrected chi connectivity index (χ1v) is 10.7. The van der Waals surface area contributed by atoms with Gasteiger partial charge in [0.1, 0.15) is 6.04 Å². The second-order valence-electron chi connectivity index (χ2n) is 7.56. The Kier molecular flexibility index (Phi) is 9.42. The molecule has 0 aliphatic carbocycles. The topological polar surface area (TPSA) is 49.4 Å². The Bertz CT molecular complexity index is 756. The molecule has 2 aromatic carbocycles. The van der Waals surface area contributed by atoms with Crippen LogP contribution in [0.25, 0.3) is 0 Å². The van der Waals surface area contributed by atoms with Crippen molar-refractivity contribution in [2.24, 2.45) is 0 Å². The fourth-order valence-corrected chi connectivity index (χ4v) is 3.36. The van der Waals surface area contributed by atoms with Crippen LogP contribution in [-0.4, -0.2) is 29.3 Å². The lowest BCUT2D eigenvalue weighted by Gasteiger charge is -2.31. The largest absolute Gasteiger partial charge is 0.354 e. The van der Waals surface area contributed by atoms with Crippen LogP contribution < -0.4 is 5.32 Å². The van der Waals surface area contributed by atoms with Crippen LogP contribution >= 0.6 is 0 Å². The average Bonchev–Trinajstić information content (AvgIpc) is 2.74. The zero-order valence-electron chi connectivity index (χ0n) is 18.0. The number of rotatable bonds is 11. The van der Waals surface area contributed by atoms with E-state index in [2.05, 4.69) is 43.4 Å². The van der Waals surface area contributed by atoms with Crippen LogP contribution in [-0.2, 0) is 22.6 Å². The minimum Gasteiger partial charge on any atom is -0.354 e. The smallest absolute Gasteiger partial charge is 0.242 e. The molecule has 1 N–H and O–H groups in total. The average molecular weight is 395 g/mol. The van der Waals surface area contributed by atoms with Crippen LogP contribution in [0, 0.1) is 6.92 Å². The first kappa shape index (κ1) is 22.7. The minimum absolute atomic E-state index is 0.0203. The maximum Gasteiger partial charge on any atom is 0.242 e. The van der Waals surface area contributed by atoms with Crippen molar-refractivity contribution >= 4 is 11.8 Å². The van der Waals surface area contributed by atoms with E-state index in [4.69, 9.17) is 0 Å². The minimum atomic E-state index is -0.447. The molecule has 0 fully saturated rings. The van der Waals surface area contributed by atoms with E-state index in [-0.39, 0.29) is 11.8 Å². The normalized spacial score (nSPS) is 11.7. The first-order chi connectivity index (χ1) is 14.0. The molecule has 0 unspecified atom stereocenters. The highest BCUT2D eigenvalue weighted by atomic mass is 16.2. The molecule has 1 atom stereocenters. The van der Waals surface area contributed by atoms with E-state index in [1.165, 1.54) is 5.56 Å². The van der Waals surface area contributed by atoms with Crippen LogP contribution in [0.3, 0.4) is 0 Å². The number of aryl methyl sites for hydroxylation is 2. The van der Waals surface area contributed by atoms with E-state index in [0.717, 1.165) is 24.0 Å². The van der Waals surface area contributed by atoms with Crippen molar-refractivity contribution in [1.29, 1.82) is 0 Å². The zero-order chi connectivity index (χ0) is 21.1. The van der Waals surface area contributed by atoms with E-state index in [1.54, 1.807) is 4.90 Å². The van der Waals surface area contributed by atoms with Gasteiger partial charge in [-0.15, -0.1) is 0 Å². The van der Waals surface area contributed by atoms with Crippen molar-refractivity contribution in [3.8, 4) is 0 Å². The molecular formula is C25H34N2O2. The molecule has 0 heterocycles. The highest BCUT2D eigenvalue weighted by Gasteiger charge is 2.28. The van der Waals surface area contributed by atoms with Crippen LogP contribution in [0.5, 0.6) is 0 Å². The standard InChI is InChI=1S/C25H34N2O2/c1-4-6-18-26-25(29)23(5-2)27(19-22-10-8-7-9-11-22)24(28)17-16-21-14-12-20(3)13-15-21/h7-15,23H,4-6,16-19H2,1-3H3,(H,26,29)/t23-/m1/s1. The molecule has 29 heavy (non-hydrogen) atoms. The summed E-state index contributed by atoms with van der Waals surface area (Å²) in [6, 6.07) is 17.7. The number of unbranched alkanes of at least 4 members (excludes halogenated alkanes) is 1. The van der Waals surface area contributed by atoms with Gasteiger partial charge in [-0.05, 0) is 37.3 Å². The van der Waals surface area contributed by atoms with Gasteiger partial charge in [0, 0.05) is 19.5 Å². The van der Waals surface area contributed by atoms with E-state index in [0.29, 0.717) is 32.4 Å². The molecule has 0 bridgehead atoms. The summed E-state index contributed by atoms with van der Waals surface area (Å²) in [5.41, 5.74) is 3.39. The molecule has 2 amide bonds. The maximum absolute atomic E-state index is 13.2. The Morgan fingerprint density at radius 3 is 2.28 bits per heavy atom. The Balaban J connectivity index is 2.12. The number of carbonyl (C=O) groups excluding carboxylic acids is 2. The third-order valence-electron chi connectivity index (χ3n) is 5.16. The molecule has 4 nitrogen and oxygen atoms in total. The SMILES string of the molecule is CCCCNC(=O)[C@@H](CC)N(Cc1ccccc1)C(=O)CCc1ccc(C)cc1. The van der Waals surface area contributed by atoms with Gasteiger partial charge in [0.05, 0.1) is 0 Å². The Morgan fingerprint density at radius 1 is 0.966 bits per heavy atom. The summed E-state index contributed by atoms with van der Waals surface area (Å²) in [5, 5.41) is 3.00. The van der Waals surface area contributed by atoms with Gasteiger partial charge in [0.2, 0.25) is 11.8 Å². The van der Waals surface area contributed by atoms with Gasteiger partial charge in [-0.2, -0.15) is 0 Å². The number of nitrogens with one attached hydrogen (secondary N) is 1. The third-order valence-corrected chi connectivity index (χ3v) is 5.16. The number of carbonyl (C=O) groups is 2. The molecule has 0 aromatic heterocycles. The number of hydrogen-bond acceptors (Lipinski definition) is 2. The Morgan fingerprint density at radius 2 is 1.66 bits per heavy atom. The molecule has 2 aromatic rings. The lowest BCUT2D eigenvalue weighted by atomic mass is 10.0. The van der Waals surface area contributed by atoms with Gasteiger partial charge in [-0.25, -0.2) is 0 Å². The van der Waals surface area contributed by atoms with Crippen LogP contribution in [0.15, 0.2) is 54.6 Å². The molecule has 0 aliphatic heterocycles. The summed E-state index contributed by atoms with van der Waals surface area (Å²) in [6.07, 6.45) is 3.65. The highest BCUT2D eigenvalue weighted by Crippen LogP contribution is 2.15. The van der Waals surface area contributed by atoms with Gasteiger partial charge in [0.25, 0.3) is 0 Å². The van der Waals surface area contributed by atoms with E-state index in [1.807, 2.05) is 37.3 Å². The molecule has 156 valence electrons. The number of amides is 2. The van der Waals surface area contributed by atoms with Gasteiger partial charge in [0.15, 0.2) is 0 Å². The van der Waals surface area contributed by atoms with Crippen LogP contribution in [0.4, 0.5) is 0 Å². The summed E-state index contributed by atoms with van der Waals surface area (Å²) in [5.74, 6) is -0.0347. The predicted octanol–water partition coefficient (Wildman–Crippen LogP) is 4.65. The van der Waals surface area contributed by atoms with Gasteiger partial charge < -0.3 is 10.2 Å². The summed E-state index contributed by atoms with van der Waals surface area (Å²) >= 11 is 0. The van der Waals surface area contributed by atoms with Crippen molar-refractivity contribution in [3.05, 3.63) is 71.3 Å². The molecule has 0 radical (unpaired) electrons. The fourth-order valence-electron chi connectivity index (χ4n) is 3.36. The molecule has 0 saturated heterocycles. The highest BCUT2D eigenvalue weighted by molar-refractivity contribution is 5.87. The Labute approximate surface area is 175 Å². The quantitative estimate of drug-likeness (QED) is 0.564. The fraction of sp³-hybridized carbons (Fsp3) is 0.440. The molecular weight excluding hydrogens is 360 g/mol. The zero-order valence-corrected chi connectivity index (χ0v) is 18.0. The number of hydrogen-bond donors (Lipinski definition) is 1. The van der Waals surface area contributed by atoms with Crippen LogP contribution in [0.2, 0.25) is 0 Å². The van der Waals surface area contributed by atoms with E-state index >= 15 is 0 Å². The summed E-state index contributed by atoms with van der Waals surface area (Å²) in [4.78, 5) is 27.7. The van der Waals surface area contributed by atoms with Crippen molar-refractivity contribution in [2.45, 2.75) is 65.5 Å². The molecule has 0 aliphatic rings. The number of benzene rings is 2. The summed E-state index contributed by atoms with van der Waals surface area (Å²) < 4.78 is 0. The van der Waals surface area contributed by atoms with Gasteiger partial charge >= 0.3 is 0 Å². The molecule has 2 rings (SSSR count). The Hall–Kier alpha value is -2.62. The van der Waals surface area contributed by atoms with Gasteiger partial charge in [-0.1, -0.05) is 80.4 Å². The molecule has 4 heteroatoms. The van der Waals surface area contributed by atoms with E-state index < -0.39 is 6.04 Å². The maximum atomic E-state index is 13.2. The van der Waals surface area contributed by atoms with Crippen molar-refractivity contribution < 1.29 is 9.59 Å². The predicted molar refractivity (Wildman–Crippen MR) is 118 cm³/mol. The van der Waals surface area contributed by atoms with Crippen molar-refractivity contribution in [3.63, 3.8) is 0 Å². The summed E-state index contributed by atoms with van der Waals surface area (Å²) in [7, 11) is 0.